The van der Waals surface area contributed by atoms with Crippen molar-refractivity contribution in [1.82, 2.24) is 9.61 Å². The number of carboxylic acids is 1. The number of carboxylic acid groups (broad SMARTS) is 1. The molecule has 1 fully saturated rings. The molecule has 0 bridgehead atoms. The van der Waals surface area contributed by atoms with Gasteiger partial charge >= 0.3 is 5.97 Å². The smallest absolute Gasteiger partial charge is 0.341 e. The van der Waals surface area contributed by atoms with Crippen LogP contribution < -0.4 is 21.5 Å². The third kappa shape index (κ3) is 6.03. The first kappa shape index (κ1) is 27.4. The summed E-state index contributed by atoms with van der Waals surface area (Å²) in [6, 6.07) is 11.8. The highest BCUT2D eigenvalue weighted by Gasteiger charge is 2.22. The third-order valence-corrected chi connectivity index (χ3v) is 7.37. The van der Waals surface area contributed by atoms with Gasteiger partial charge in [-0.2, -0.15) is 5.10 Å². The fourth-order valence-corrected chi connectivity index (χ4v) is 5.13. The largest absolute Gasteiger partial charge is 0.482 e. The van der Waals surface area contributed by atoms with E-state index in [1.807, 2.05) is 25.3 Å². The monoisotopic (exact) mass is 564 g/mol. The molecule has 0 aliphatic heterocycles. The number of halogens is 2. The van der Waals surface area contributed by atoms with E-state index in [-0.39, 0.29) is 28.6 Å². The minimum Gasteiger partial charge on any atom is -0.482 e. The predicted octanol–water partition coefficient (Wildman–Crippen LogP) is 5.28. The van der Waals surface area contributed by atoms with E-state index >= 15 is 0 Å². The van der Waals surface area contributed by atoms with Crippen LogP contribution in [0.1, 0.15) is 36.8 Å². The Morgan fingerprint density at radius 3 is 2.73 bits per heavy atom. The summed E-state index contributed by atoms with van der Waals surface area (Å²) in [4.78, 5) is 15.3. The van der Waals surface area contributed by atoms with Crippen molar-refractivity contribution in [3.05, 3.63) is 76.8 Å². The first-order valence-electron chi connectivity index (χ1n) is 13.0. The van der Waals surface area contributed by atoms with Gasteiger partial charge in [-0.05, 0) is 74.1 Å². The molecule has 0 atom stereocenters. The zero-order valence-electron chi connectivity index (χ0n) is 21.9. The van der Waals surface area contributed by atoms with Gasteiger partial charge in [-0.25, -0.2) is 18.7 Å². The van der Waals surface area contributed by atoms with Crippen LogP contribution in [-0.4, -0.2) is 45.2 Å². The Bertz CT molecular complexity index is 1600. The SMILES string of the molecule is Cc1cc(OCC(=O)O)ccc1-c1cc2c(N[C@H]3CC[C@H](N)CC3)c(/C(N)=N/c3cc(F)ccc3Cl)cnn2c1. The summed E-state index contributed by atoms with van der Waals surface area (Å²) in [5, 5.41) is 17.4. The van der Waals surface area contributed by atoms with Crippen molar-refractivity contribution in [2.75, 3.05) is 11.9 Å². The number of aliphatic carboxylic acids is 1. The van der Waals surface area contributed by atoms with E-state index in [9.17, 15) is 9.18 Å². The van der Waals surface area contributed by atoms with Crippen molar-refractivity contribution in [3.8, 4) is 16.9 Å². The second kappa shape index (κ2) is 11.5. The lowest BCUT2D eigenvalue weighted by molar-refractivity contribution is -0.139. The molecule has 2 heterocycles. The van der Waals surface area contributed by atoms with Crippen molar-refractivity contribution < 1.29 is 19.0 Å². The number of ether oxygens (including phenoxy) is 1. The molecule has 4 aromatic rings. The Balaban J connectivity index is 1.57. The van der Waals surface area contributed by atoms with Crippen molar-refractivity contribution in [2.24, 2.45) is 16.5 Å². The number of anilines is 1. The maximum atomic E-state index is 13.9. The first-order valence-corrected chi connectivity index (χ1v) is 13.3. The maximum absolute atomic E-state index is 13.9. The van der Waals surface area contributed by atoms with Crippen molar-refractivity contribution in [1.29, 1.82) is 0 Å². The van der Waals surface area contributed by atoms with E-state index in [1.165, 1.54) is 18.2 Å². The van der Waals surface area contributed by atoms with E-state index in [0.717, 1.165) is 53.6 Å². The van der Waals surface area contributed by atoms with E-state index in [1.54, 1.807) is 22.8 Å². The summed E-state index contributed by atoms with van der Waals surface area (Å²) in [6.07, 6.45) is 7.20. The highest BCUT2D eigenvalue weighted by atomic mass is 35.5. The number of nitrogens with one attached hydrogen (secondary N) is 1. The van der Waals surface area contributed by atoms with Crippen molar-refractivity contribution in [2.45, 2.75) is 44.7 Å². The standard InChI is InChI=1S/C29H30ClFN6O3/c1-16-10-21(40-15-27(38)39)7-8-22(16)17-11-26-28(35-20-5-3-19(32)4-6-20)23(13-34-37(26)14-17)29(33)36-25-12-18(31)2-9-24(25)30/h2,7-14,19-20,35H,3-6,15,32H2,1H3,(H2,33,36)(H,38,39)/t19-,20-. The maximum Gasteiger partial charge on any atom is 0.341 e. The Hall–Kier alpha value is -4.15. The van der Waals surface area contributed by atoms with Crippen LogP contribution in [0.15, 0.2) is 59.9 Å². The van der Waals surface area contributed by atoms with Gasteiger partial charge in [0, 0.05) is 29.9 Å². The Kier molecular flexibility index (Phi) is 7.90. The van der Waals surface area contributed by atoms with Crippen molar-refractivity contribution >= 4 is 40.3 Å². The zero-order chi connectivity index (χ0) is 28.4. The Morgan fingerprint density at radius 1 is 1.23 bits per heavy atom. The molecule has 9 nitrogen and oxygen atoms in total. The number of carbonyl (C=O) groups is 1. The van der Waals surface area contributed by atoms with Gasteiger partial charge in [0.25, 0.3) is 0 Å². The molecule has 0 amide bonds. The van der Waals surface area contributed by atoms with Gasteiger partial charge in [-0.3, -0.25) is 0 Å². The number of amidine groups is 1. The van der Waals surface area contributed by atoms with Gasteiger partial charge in [-0.15, -0.1) is 0 Å². The van der Waals surface area contributed by atoms with Crippen LogP contribution in [0.5, 0.6) is 5.75 Å². The molecule has 1 saturated carbocycles. The van der Waals surface area contributed by atoms with Gasteiger partial charge in [0.1, 0.15) is 17.4 Å². The fourth-order valence-electron chi connectivity index (χ4n) is 4.97. The molecule has 40 heavy (non-hydrogen) atoms. The normalized spacial score (nSPS) is 17.6. The third-order valence-electron chi connectivity index (χ3n) is 7.05. The van der Waals surface area contributed by atoms with Crippen molar-refractivity contribution in [3.63, 3.8) is 0 Å². The van der Waals surface area contributed by atoms with Crippen LogP contribution in [0, 0.1) is 12.7 Å². The van der Waals surface area contributed by atoms with Crippen LogP contribution >= 0.6 is 11.6 Å². The average molecular weight is 565 g/mol. The highest BCUT2D eigenvalue weighted by molar-refractivity contribution is 6.33. The van der Waals surface area contributed by atoms with E-state index in [0.29, 0.717) is 11.3 Å². The zero-order valence-corrected chi connectivity index (χ0v) is 22.7. The molecule has 0 saturated heterocycles. The van der Waals surface area contributed by atoms with Gasteiger partial charge < -0.3 is 26.6 Å². The highest BCUT2D eigenvalue weighted by Crippen LogP contribution is 2.34. The second-order valence-electron chi connectivity index (χ2n) is 10.00. The molecule has 1 aliphatic carbocycles. The summed E-state index contributed by atoms with van der Waals surface area (Å²) >= 11 is 6.25. The van der Waals surface area contributed by atoms with Crippen LogP contribution in [0.3, 0.4) is 0 Å². The Labute approximate surface area is 235 Å². The van der Waals surface area contributed by atoms with E-state index < -0.39 is 18.4 Å². The summed E-state index contributed by atoms with van der Waals surface area (Å²) in [5.74, 6) is -0.876. The van der Waals surface area contributed by atoms with Crippen LogP contribution in [0.2, 0.25) is 5.02 Å². The van der Waals surface area contributed by atoms with Crippen LogP contribution in [0.25, 0.3) is 16.6 Å². The number of benzene rings is 2. The lowest BCUT2D eigenvalue weighted by Crippen LogP contribution is -2.33. The summed E-state index contributed by atoms with van der Waals surface area (Å²) < 4.78 is 21.0. The quantitative estimate of drug-likeness (QED) is 0.168. The molecule has 2 aromatic heterocycles. The number of rotatable bonds is 8. The number of hydrogen-bond donors (Lipinski definition) is 4. The fraction of sp³-hybridized carbons (Fsp3) is 0.276. The first-order chi connectivity index (χ1) is 19.2. The minimum atomic E-state index is -1.04. The average Bonchev–Trinajstić information content (AvgIpc) is 3.35. The second-order valence-corrected chi connectivity index (χ2v) is 10.4. The molecule has 0 unspecified atom stereocenters. The van der Waals surface area contributed by atoms with Gasteiger partial charge in [0.15, 0.2) is 6.61 Å². The molecule has 11 heteroatoms. The number of fused-ring (bicyclic) bond motifs is 1. The molecular weight excluding hydrogens is 535 g/mol. The van der Waals surface area contributed by atoms with Crippen LogP contribution in [-0.2, 0) is 4.79 Å². The van der Waals surface area contributed by atoms with E-state index in [4.69, 9.17) is 32.9 Å². The number of aliphatic imine (C=N–C) groups is 1. The van der Waals surface area contributed by atoms with Gasteiger partial charge in [0.05, 0.1) is 33.7 Å². The molecule has 0 spiro atoms. The summed E-state index contributed by atoms with van der Waals surface area (Å²) in [7, 11) is 0. The molecular formula is C29H30ClFN6O3. The van der Waals surface area contributed by atoms with Gasteiger partial charge in [0.2, 0.25) is 0 Å². The van der Waals surface area contributed by atoms with Crippen LogP contribution in [0.4, 0.5) is 15.8 Å². The predicted molar refractivity (Wildman–Crippen MR) is 154 cm³/mol. The summed E-state index contributed by atoms with van der Waals surface area (Å²) in [5.41, 5.74) is 17.7. The molecule has 2 aromatic carbocycles. The number of nitrogens with zero attached hydrogens (tertiary/aromatic N) is 3. The minimum absolute atomic E-state index is 0.149. The Morgan fingerprint density at radius 2 is 2.00 bits per heavy atom. The number of hydrogen-bond acceptors (Lipinski definition) is 6. The number of nitrogens with two attached hydrogens (primary N) is 2. The number of aryl methyl sites for hydroxylation is 1. The molecule has 208 valence electrons. The molecule has 6 N–H and O–H groups in total. The topological polar surface area (TPSA) is 140 Å². The molecule has 0 radical (unpaired) electrons. The number of aromatic nitrogens is 2. The molecule has 5 rings (SSSR count). The summed E-state index contributed by atoms with van der Waals surface area (Å²) in [6.45, 7) is 1.52. The molecule has 1 aliphatic rings. The van der Waals surface area contributed by atoms with E-state index in [2.05, 4.69) is 15.4 Å². The lowest BCUT2D eigenvalue weighted by Gasteiger charge is -2.28. The lowest BCUT2D eigenvalue weighted by atomic mass is 9.91. The van der Waals surface area contributed by atoms with Gasteiger partial charge in [-0.1, -0.05) is 17.7 Å².